The molecule has 3 heterocycles. The molecule has 0 spiro atoms. The first-order valence-corrected chi connectivity index (χ1v) is 7.73. The number of aryl methyl sites for hydroxylation is 1. The van der Waals surface area contributed by atoms with Crippen LogP contribution in [0.3, 0.4) is 0 Å². The second-order valence-corrected chi connectivity index (χ2v) is 6.91. The number of carboxylic acids is 1. The number of carbonyl (C=O) groups is 1. The second kappa shape index (κ2) is 4.68. The largest absolute Gasteiger partial charge is 0.544 e. The van der Waals surface area contributed by atoms with E-state index in [1.807, 2.05) is 20.8 Å². The zero-order chi connectivity index (χ0) is 15.4. The van der Waals surface area contributed by atoms with Gasteiger partial charge in [0, 0.05) is 23.1 Å². The molecule has 0 unspecified atom stereocenters. The highest BCUT2D eigenvalue weighted by Gasteiger charge is 2.31. The van der Waals surface area contributed by atoms with Crippen LogP contribution >= 0.6 is 11.3 Å². The first-order valence-electron chi connectivity index (χ1n) is 6.92. The minimum absolute atomic E-state index is 0.0669. The highest BCUT2D eigenvalue weighted by Crippen LogP contribution is 2.41. The van der Waals surface area contributed by atoms with Crippen molar-refractivity contribution in [1.29, 1.82) is 0 Å². The lowest BCUT2D eigenvalue weighted by molar-refractivity contribution is -0.254. The molecule has 3 rings (SSSR count). The predicted molar refractivity (Wildman–Crippen MR) is 80.3 cm³/mol. The third-order valence-corrected chi connectivity index (χ3v) is 4.99. The van der Waals surface area contributed by atoms with E-state index in [0.29, 0.717) is 17.9 Å². The molecule has 0 amide bonds. The number of thiophene rings is 1. The number of aromatic carboxylic acids is 1. The molecule has 0 aromatic carbocycles. The van der Waals surface area contributed by atoms with Crippen LogP contribution < -0.4 is 10.8 Å². The Labute approximate surface area is 126 Å². The molecule has 0 aliphatic carbocycles. The summed E-state index contributed by atoms with van der Waals surface area (Å²) < 4.78 is 5.87. The van der Waals surface area contributed by atoms with Crippen LogP contribution in [-0.4, -0.2) is 16.6 Å². The molecule has 112 valence electrons. The van der Waals surface area contributed by atoms with Crippen molar-refractivity contribution in [2.24, 2.45) is 0 Å². The molecule has 1 aliphatic rings. The molecule has 0 atom stereocenters. The summed E-state index contributed by atoms with van der Waals surface area (Å²) in [6, 6.07) is 0. The fourth-order valence-electron chi connectivity index (χ4n) is 2.87. The number of nitrogen functional groups attached to an aromatic ring is 1. The van der Waals surface area contributed by atoms with Crippen molar-refractivity contribution in [1.82, 2.24) is 4.98 Å². The molecule has 21 heavy (non-hydrogen) atoms. The molecule has 0 fully saturated rings. The van der Waals surface area contributed by atoms with Crippen LogP contribution in [0.25, 0.3) is 10.2 Å². The van der Waals surface area contributed by atoms with E-state index in [1.165, 1.54) is 0 Å². The summed E-state index contributed by atoms with van der Waals surface area (Å²) in [4.78, 5) is 16.5. The molecule has 2 aromatic heterocycles. The summed E-state index contributed by atoms with van der Waals surface area (Å²) in [5.41, 5.74) is 9.13. The number of carboxylic acid groups (broad SMARTS) is 1. The van der Waals surface area contributed by atoms with Gasteiger partial charge in [0.15, 0.2) is 0 Å². The van der Waals surface area contributed by atoms with Crippen molar-refractivity contribution in [3.8, 4) is 0 Å². The Kier molecular flexibility index (Phi) is 3.18. The molecule has 2 aromatic rings. The number of nitrogens with zero attached hydrogens (tertiary/aromatic N) is 1. The number of hydrogen-bond donors (Lipinski definition) is 1. The summed E-state index contributed by atoms with van der Waals surface area (Å²) in [5, 5.41) is 12.0. The molecule has 0 saturated carbocycles. The Bertz CT molecular complexity index is 749. The zero-order valence-corrected chi connectivity index (χ0v) is 13.1. The predicted octanol–water partition coefficient (Wildman–Crippen LogP) is 1.66. The summed E-state index contributed by atoms with van der Waals surface area (Å²) >= 11 is 1.10. The average molecular weight is 305 g/mol. The van der Waals surface area contributed by atoms with E-state index in [0.717, 1.165) is 40.0 Å². The van der Waals surface area contributed by atoms with Crippen LogP contribution in [-0.2, 0) is 24.2 Å². The minimum Gasteiger partial charge on any atom is -0.544 e. The second-order valence-electron chi connectivity index (χ2n) is 5.91. The van der Waals surface area contributed by atoms with Gasteiger partial charge in [-0.2, -0.15) is 0 Å². The topological polar surface area (TPSA) is 88.3 Å². The van der Waals surface area contributed by atoms with Gasteiger partial charge >= 0.3 is 0 Å². The lowest BCUT2D eigenvalue weighted by Crippen LogP contribution is -2.32. The highest BCUT2D eigenvalue weighted by molar-refractivity contribution is 7.21. The van der Waals surface area contributed by atoms with Gasteiger partial charge in [0.25, 0.3) is 0 Å². The lowest BCUT2D eigenvalue weighted by atomic mass is 9.88. The molecule has 0 saturated heterocycles. The van der Waals surface area contributed by atoms with Gasteiger partial charge in [0.2, 0.25) is 0 Å². The fraction of sp³-hybridized carbons (Fsp3) is 0.467. The van der Waals surface area contributed by atoms with Gasteiger partial charge in [-0.3, -0.25) is 0 Å². The van der Waals surface area contributed by atoms with E-state index in [4.69, 9.17) is 10.5 Å². The third-order valence-electron chi connectivity index (χ3n) is 3.91. The molecule has 6 heteroatoms. The summed E-state index contributed by atoms with van der Waals surface area (Å²) in [6.45, 7) is 6.57. The quantitative estimate of drug-likeness (QED) is 0.911. The van der Waals surface area contributed by atoms with Crippen molar-refractivity contribution in [2.45, 2.75) is 45.8 Å². The Balaban J connectivity index is 2.36. The molecule has 1 aliphatic heterocycles. The molecule has 5 nitrogen and oxygen atoms in total. The van der Waals surface area contributed by atoms with Crippen LogP contribution in [0.4, 0.5) is 5.69 Å². The van der Waals surface area contributed by atoms with E-state index in [-0.39, 0.29) is 16.2 Å². The van der Waals surface area contributed by atoms with E-state index in [2.05, 4.69) is 4.98 Å². The summed E-state index contributed by atoms with van der Waals surface area (Å²) in [5.74, 6) is -1.24. The number of rotatable bonds is 2. The van der Waals surface area contributed by atoms with E-state index in [9.17, 15) is 9.90 Å². The van der Waals surface area contributed by atoms with Gasteiger partial charge in [-0.25, -0.2) is 4.98 Å². The SMILES string of the molecule is CCc1nc2sc(C(=O)[O-])c(N)c2c2c1COC(C)(C)C2. The zero-order valence-electron chi connectivity index (χ0n) is 12.3. The standard InChI is InChI=1S/C15H18N2O3S/c1-4-9-8-6-20-15(2,3)5-7(8)10-11(16)12(14(18)19)21-13(10)17-9/h4-6,16H2,1-3H3,(H,18,19)/p-1. The number of aromatic nitrogens is 1. The van der Waals surface area contributed by atoms with Crippen molar-refractivity contribution in [2.75, 3.05) is 5.73 Å². The Morgan fingerprint density at radius 3 is 2.81 bits per heavy atom. The lowest BCUT2D eigenvalue weighted by Gasteiger charge is -2.33. The molecule has 2 N–H and O–H groups in total. The molecular formula is C15H17N2O3S-. The summed E-state index contributed by atoms with van der Waals surface area (Å²) in [7, 11) is 0. The van der Waals surface area contributed by atoms with Gasteiger partial charge in [-0.1, -0.05) is 6.92 Å². The van der Waals surface area contributed by atoms with Gasteiger partial charge in [0.05, 0.1) is 28.7 Å². The molecule has 0 bridgehead atoms. The maximum absolute atomic E-state index is 11.2. The van der Waals surface area contributed by atoms with E-state index >= 15 is 0 Å². The smallest absolute Gasteiger partial charge is 0.126 e. The fourth-order valence-corrected chi connectivity index (χ4v) is 3.85. The Hall–Kier alpha value is -1.66. The Morgan fingerprint density at radius 1 is 1.48 bits per heavy atom. The van der Waals surface area contributed by atoms with Gasteiger partial charge in [-0.15, -0.1) is 11.3 Å². The van der Waals surface area contributed by atoms with Crippen molar-refractivity contribution in [3.63, 3.8) is 0 Å². The van der Waals surface area contributed by atoms with E-state index in [1.54, 1.807) is 0 Å². The summed E-state index contributed by atoms with van der Waals surface area (Å²) in [6.07, 6.45) is 1.47. The van der Waals surface area contributed by atoms with Crippen molar-refractivity contribution in [3.05, 3.63) is 21.7 Å². The maximum Gasteiger partial charge on any atom is 0.126 e. The number of hydrogen-bond acceptors (Lipinski definition) is 6. The number of carbonyl (C=O) groups excluding carboxylic acids is 1. The van der Waals surface area contributed by atoms with Gasteiger partial charge < -0.3 is 20.4 Å². The molecular weight excluding hydrogens is 288 g/mol. The first kappa shape index (κ1) is 14.3. The number of nitrogens with two attached hydrogens (primary N) is 1. The van der Waals surface area contributed by atoms with Crippen LogP contribution in [0.15, 0.2) is 0 Å². The number of fused-ring (bicyclic) bond motifs is 3. The minimum atomic E-state index is -1.24. The maximum atomic E-state index is 11.2. The molecule has 0 radical (unpaired) electrons. The number of ether oxygens (including phenoxy) is 1. The Morgan fingerprint density at radius 2 is 2.19 bits per heavy atom. The van der Waals surface area contributed by atoms with Crippen LogP contribution in [0.2, 0.25) is 0 Å². The van der Waals surface area contributed by atoms with Crippen LogP contribution in [0, 0.1) is 0 Å². The van der Waals surface area contributed by atoms with Crippen molar-refractivity contribution >= 4 is 33.2 Å². The van der Waals surface area contributed by atoms with Gasteiger partial charge in [-0.05, 0) is 25.8 Å². The van der Waals surface area contributed by atoms with Gasteiger partial charge in [0.1, 0.15) is 4.83 Å². The highest BCUT2D eigenvalue weighted by atomic mass is 32.1. The third kappa shape index (κ3) is 2.18. The monoisotopic (exact) mass is 305 g/mol. The van der Waals surface area contributed by atoms with E-state index < -0.39 is 5.97 Å². The number of anilines is 1. The number of pyridine rings is 1. The first-order chi connectivity index (χ1) is 9.84. The van der Waals surface area contributed by atoms with Crippen LogP contribution in [0.1, 0.15) is 47.3 Å². The van der Waals surface area contributed by atoms with Crippen LogP contribution in [0.5, 0.6) is 0 Å². The van der Waals surface area contributed by atoms with Crippen molar-refractivity contribution < 1.29 is 14.6 Å². The average Bonchev–Trinajstić information content (AvgIpc) is 2.74. The normalized spacial score (nSPS) is 16.9.